The van der Waals surface area contributed by atoms with Crippen LogP contribution < -0.4 is 5.32 Å². The number of nitrogens with one attached hydrogen (secondary N) is 1. The smallest absolute Gasteiger partial charge is 0.254 e. The Morgan fingerprint density at radius 1 is 1.10 bits per heavy atom. The number of hydrogen-bond donors (Lipinski definition) is 1. The summed E-state index contributed by atoms with van der Waals surface area (Å²) in [6.45, 7) is 6.79. The molecule has 4 nitrogen and oxygen atoms in total. The minimum atomic E-state index is 0. The average molecular weight is 460 g/mol. The molecule has 4 rings (SSSR count). The van der Waals surface area contributed by atoms with E-state index < -0.39 is 0 Å². The number of likely N-dealkylation sites (tertiary alicyclic amines) is 1. The van der Waals surface area contributed by atoms with Crippen molar-refractivity contribution in [3.63, 3.8) is 0 Å². The Bertz CT molecular complexity index is 1040. The second kappa shape index (κ2) is 10.9. The van der Waals surface area contributed by atoms with E-state index in [1.54, 1.807) is 0 Å². The van der Waals surface area contributed by atoms with Crippen LogP contribution in [0.1, 0.15) is 34.3 Å². The number of benzene rings is 2. The Morgan fingerprint density at radius 2 is 1.81 bits per heavy atom. The number of piperidine rings is 1. The minimum absolute atomic E-state index is 0. The van der Waals surface area contributed by atoms with E-state index >= 15 is 0 Å². The molecule has 1 N–H and O–H groups in total. The lowest BCUT2D eigenvalue weighted by atomic mass is 9.95. The van der Waals surface area contributed by atoms with Crippen molar-refractivity contribution in [3.8, 4) is 11.3 Å². The Labute approximate surface area is 197 Å². The van der Waals surface area contributed by atoms with Gasteiger partial charge in [0.05, 0.1) is 16.8 Å². The second-order valence-corrected chi connectivity index (χ2v) is 8.19. The highest BCUT2D eigenvalue weighted by atomic mass is 35.5. The van der Waals surface area contributed by atoms with Crippen molar-refractivity contribution in [1.82, 2.24) is 15.2 Å². The third-order valence-corrected chi connectivity index (χ3v) is 6.02. The molecule has 31 heavy (non-hydrogen) atoms. The van der Waals surface area contributed by atoms with E-state index in [1.807, 2.05) is 48.3 Å². The fourth-order valence-corrected chi connectivity index (χ4v) is 4.29. The van der Waals surface area contributed by atoms with Gasteiger partial charge < -0.3 is 10.2 Å². The highest BCUT2D eigenvalue weighted by Gasteiger charge is 2.26. The molecule has 0 spiro atoms. The predicted molar refractivity (Wildman–Crippen MR) is 134 cm³/mol. The summed E-state index contributed by atoms with van der Waals surface area (Å²) in [6, 6.07) is 16.3. The molecule has 0 bridgehead atoms. The number of amides is 1. The number of aromatic nitrogens is 1. The molecule has 1 unspecified atom stereocenters. The quantitative estimate of drug-likeness (QED) is 0.565. The van der Waals surface area contributed by atoms with Crippen LogP contribution in [0.3, 0.4) is 0 Å². The second-order valence-electron chi connectivity index (χ2n) is 8.19. The summed E-state index contributed by atoms with van der Waals surface area (Å²) in [5.74, 6) is 0.641. The molecule has 6 heteroatoms. The van der Waals surface area contributed by atoms with E-state index in [4.69, 9.17) is 4.98 Å². The van der Waals surface area contributed by atoms with Gasteiger partial charge in [0.15, 0.2) is 0 Å². The van der Waals surface area contributed by atoms with Crippen LogP contribution in [-0.2, 0) is 0 Å². The number of pyridine rings is 1. The molecule has 3 aromatic rings. The molecule has 2 heterocycles. The first kappa shape index (κ1) is 25.1. The normalized spacial score (nSPS) is 15.8. The number of halogens is 2. The van der Waals surface area contributed by atoms with Crippen LogP contribution in [0.4, 0.5) is 0 Å². The van der Waals surface area contributed by atoms with Crippen molar-refractivity contribution in [2.75, 3.05) is 26.7 Å². The monoisotopic (exact) mass is 459 g/mol. The largest absolute Gasteiger partial charge is 0.338 e. The van der Waals surface area contributed by atoms with Gasteiger partial charge in [-0.3, -0.25) is 4.79 Å². The third kappa shape index (κ3) is 5.38. The van der Waals surface area contributed by atoms with Crippen LogP contribution >= 0.6 is 24.8 Å². The topological polar surface area (TPSA) is 45.2 Å². The fourth-order valence-electron chi connectivity index (χ4n) is 4.29. The molecule has 1 amide bonds. The standard InChI is InChI=1S/C25H29N3O.2ClH/c1-17-12-21-22(25(29)28-11-7-8-19(16-28)15-26-3)14-23(20-9-5-4-6-10-20)27-24(21)13-18(17)2;;/h4-6,9-10,12-14,19,26H,7-8,11,15-16H2,1-3H3;2*1H. The summed E-state index contributed by atoms with van der Waals surface area (Å²) < 4.78 is 0. The maximum absolute atomic E-state index is 13.6. The molecular formula is C25H31Cl2N3O. The van der Waals surface area contributed by atoms with Gasteiger partial charge in [-0.2, -0.15) is 0 Å². The Kier molecular flexibility index (Phi) is 8.87. The average Bonchev–Trinajstić information content (AvgIpc) is 2.74. The summed E-state index contributed by atoms with van der Waals surface area (Å²) in [5.41, 5.74) is 5.93. The number of fused-ring (bicyclic) bond motifs is 1. The lowest BCUT2D eigenvalue weighted by Gasteiger charge is -2.33. The minimum Gasteiger partial charge on any atom is -0.338 e. The summed E-state index contributed by atoms with van der Waals surface area (Å²) in [5, 5.41) is 4.21. The highest BCUT2D eigenvalue weighted by molar-refractivity contribution is 6.07. The zero-order valence-corrected chi connectivity index (χ0v) is 20.0. The zero-order valence-electron chi connectivity index (χ0n) is 18.4. The van der Waals surface area contributed by atoms with Crippen LogP contribution in [0.25, 0.3) is 22.2 Å². The van der Waals surface area contributed by atoms with Crippen molar-refractivity contribution in [1.29, 1.82) is 0 Å². The first-order valence-corrected chi connectivity index (χ1v) is 10.5. The molecule has 2 aromatic carbocycles. The van der Waals surface area contributed by atoms with Gasteiger partial charge in [0.25, 0.3) is 5.91 Å². The van der Waals surface area contributed by atoms with Crippen molar-refractivity contribution >= 4 is 41.6 Å². The van der Waals surface area contributed by atoms with Gasteiger partial charge in [-0.1, -0.05) is 30.3 Å². The maximum atomic E-state index is 13.6. The van der Waals surface area contributed by atoms with Gasteiger partial charge in [0.2, 0.25) is 0 Å². The molecule has 1 atom stereocenters. The third-order valence-electron chi connectivity index (χ3n) is 6.02. The van der Waals surface area contributed by atoms with Crippen LogP contribution in [0.2, 0.25) is 0 Å². The number of rotatable bonds is 4. The number of carbonyl (C=O) groups is 1. The summed E-state index contributed by atoms with van der Waals surface area (Å²) in [4.78, 5) is 20.6. The zero-order chi connectivity index (χ0) is 20.4. The lowest BCUT2D eigenvalue weighted by Crippen LogP contribution is -2.42. The first-order valence-electron chi connectivity index (χ1n) is 10.5. The highest BCUT2D eigenvalue weighted by Crippen LogP contribution is 2.29. The van der Waals surface area contributed by atoms with Crippen LogP contribution in [0.5, 0.6) is 0 Å². The van der Waals surface area contributed by atoms with Crippen molar-refractivity contribution in [3.05, 3.63) is 65.2 Å². The molecule has 0 radical (unpaired) electrons. The van der Waals surface area contributed by atoms with E-state index in [1.165, 1.54) is 17.5 Å². The number of hydrogen-bond acceptors (Lipinski definition) is 3. The van der Waals surface area contributed by atoms with E-state index in [9.17, 15) is 4.79 Å². The van der Waals surface area contributed by atoms with Crippen LogP contribution in [0.15, 0.2) is 48.5 Å². The molecule has 1 aliphatic heterocycles. The Morgan fingerprint density at radius 3 is 2.52 bits per heavy atom. The molecule has 1 fully saturated rings. The van der Waals surface area contributed by atoms with Crippen molar-refractivity contribution < 1.29 is 4.79 Å². The number of nitrogens with zero attached hydrogens (tertiary/aromatic N) is 2. The Hall–Kier alpha value is -2.14. The van der Waals surface area contributed by atoms with Gasteiger partial charge >= 0.3 is 0 Å². The summed E-state index contributed by atoms with van der Waals surface area (Å²) >= 11 is 0. The number of carbonyl (C=O) groups excluding carboxylic acids is 1. The van der Waals surface area contributed by atoms with E-state index in [2.05, 4.69) is 31.3 Å². The van der Waals surface area contributed by atoms with Crippen LogP contribution in [0, 0.1) is 19.8 Å². The maximum Gasteiger partial charge on any atom is 0.254 e. The molecule has 1 aliphatic rings. The molecule has 0 saturated carbocycles. The van der Waals surface area contributed by atoms with E-state index in [-0.39, 0.29) is 30.7 Å². The lowest BCUT2D eigenvalue weighted by molar-refractivity contribution is 0.0676. The van der Waals surface area contributed by atoms with Gasteiger partial charge in [-0.15, -0.1) is 24.8 Å². The molecule has 1 aromatic heterocycles. The van der Waals surface area contributed by atoms with Gasteiger partial charge in [0.1, 0.15) is 0 Å². The number of aryl methyl sites for hydroxylation is 2. The SMILES string of the molecule is CNCC1CCCN(C(=O)c2cc(-c3ccccc3)nc3cc(C)c(C)cc23)C1.Cl.Cl. The van der Waals surface area contributed by atoms with Gasteiger partial charge in [0, 0.05) is 24.0 Å². The fraction of sp³-hybridized carbons (Fsp3) is 0.360. The molecule has 166 valence electrons. The van der Waals surface area contributed by atoms with Gasteiger partial charge in [-0.05, 0) is 75.5 Å². The first-order chi connectivity index (χ1) is 14.1. The van der Waals surface area contributed by atoms with Crippen molar-refractivity contribution in [2.24, 2.45) is 5.92 Å². The van der Waals surface area contributed by atoms with Crippen molar-refractivity contribution in [2.45, 2.75) is 26.7 Å². The molecule has 0 aliphatic carbocycles. The predicted octanol–water partition coefficient (Wildman–Crippen LogP) is 5.43. The van der Waals surface area contributed by atoms with Gasteiger partial charge in [-0.25, -0.2) is 4.98 Å². The Balaban J connectivity index is 0.00000171. The molecular weight excluding hydrogens is 429 g/mol. The van der Waals surface area contributed by atoms with E-state index in [0.717, 1.165) is 53.8 Å². The molecule has 1 saturated heterocycles. The van der Waals surface area contributed by atoms with Crippen LogP contribution in [-0.4, -0.2) is 42.5 Å². The summed E-state index contributed by atoms with van der Waals surface area (Å²) in [7, 11) is 1.98. The summed E-state index contributed by atoms with van der Waals surface area (Å²) in [6.07, 6.45) is 2.24. The van der Waals surface area contributed by atoms with E-state index in [0.29, 0.717) is 5.92 Å².